The molecule has 2 heterocycles. The SMILES string of the molecule is CCn1c(SCC(=O)Cc2cc(C)ccc2C)nnc1-c1cnccn1. The molecule has 0 radical (unpaired) electrons. The van der Waals surface area contributed by atoms with Crippen LogP contribution in [0.2, 0.25) is 0 Å². The Hall–Kier alpha value is -2.54. The molecule has 1 aromatic carbocycles. The summed E-state index contributed by atoms with van der Waals surface area (Å²) in [4.78, 5) is 20.8. The second kappa shape index (κ2) is 8.23. The molecule has 0 saturated carbocycles. The molecule has 0 saturated heterocycles. The number of thioether (sulfide) groups is 1. The van der Waals surface area contributed by atoms with Crippen molar-refractivity contribution in [3.63, 3.8) is 0 Å². The molecule has 0 spiro atoms. The van der Waals surface area contributed by atoms with Gasteiger partial charge < -0.3 is 4.57 Å². The summed E-state index contributed by atoms with van der Waals surface area (Å²) < 4.78 is 1.96. The molecule has 0 aliphatic carbocycles. The molecule has 3 rings (SSSR count). The number of carbonyl (C=O) groups excluding carboxylic acids is 1. The van der Waals surface area contributed by atoms with Gasteiger partial charge in [-0.05, 0) is 31.9 Å². The summed E-state index contributed by atoms with van der Waals surface area (Å²) in [5, 5.41) is 9.18. The second-order valence-electron chi connectivity index (χ2n) is 6.08. The van der Waals surface area contributed by atoms with Crippen molar-refractivity contribution >= 4 is 17.5 Å². The van der Waals surface area contributed by atoms with E-state index in [1.807, 2.05) is 25.3 Å². The van der Waals surface area contributed by atoms with Crippen LogP contribution < -0.4 is 0 Å². The fourth-order valence-electron chi connectivity index (χ4n) is 2.68. The lowest BCUT2D eigenvalue weighted by Gasteiger charge is -2.08. The van der Waals surface area contributed by atoms with Gasteiger partial charge in [0.25, 0.3) is 0 Å². The Balaban J connectivity index is 1.69. The number of nitrogens with zero attached hydrogens (tertiary/aromatic N) is 5. The number of benzene rings is 1. The first kappa shape index (κ1) is 18.3. The number of rotatable bonds is 7. The van der Waals surface area contributed by atoms with E-state index in [1.165, 1.54) is 17.3 Å². The molecule has 3 aromatic rings. The fourth-order valence-corrected chi connectivity index (χ4v) is 3.55. The zero-order valence-electron chi connectivity index (χ0n) is 15.1. The van der Waals surface area contributed by atoms with Crippen molar-refractivity contribution in [1.82, 2.24) is 24.7 Å². The van der Waals surface area contributed by atoms with Crippen LogP contribution in [0.3, 0.4) is 0 Å². The van der Waals surface area contributed by atoms with E-state index < -0.39 is 0 Å². The lowest BCUT2D eigenvalue weighted by atomic mass is 10.0. The average molecular weight is 367 g/mol. The Bertz CT molecular complexity index is 908. The maximum atomic E-state index is 12.4. The Morgan fingerprint density at radius 2 is 2.04 bits per heavy atom. The zero-order chi connectivity index (χ0) is 18.5. The van der Waals surface area contributed by atoms with Crippen LogP contribution in [-0.4, -0.2) is 36.3 Å². The van der Waals surface area contributed by atoms with Crippen molar-refractivity contribution in [1.29, 1.82) is 0 Å². The molecule has 0 atom stereocenters. The summed E-state index contributed by atoms with van der Waals surface area (Å²) in [6, 6.07) is 6.21. The van der Waals surface area contributed by atoms with E-state index in [4.69, 9.17) is 0 Å². The van der Waals surface area contributed by atoms with Gasteiger partial charge in [-0.2, -0.15) is 0 Å². The van der Waals surface area contributed by atoms with E-state index in [1.54, 1.807) is 18.6 Å². The molecule has 26 heavy (non-hydrogen) atoms. The van der Waals surface area contributed by atoms with Crippen LogP contribution in [0.1, 0.15) is 23.6 Å². The lowest BCUT2D eigenvalue weighted by molar-refractivity contribution is -0.116. The van der Waals surface area contributed by atoms with Gasteiger partial charge >= 0.3 is 0 Å². The largest absolute Gasteiger partial charge is 0.301 e. The van der Waals surface area contributed by atoms with E-state index >= 15 is 0 Å². The van der Waals surface area contributed by atoms with Crippen molar-refractivity contribution < 1.29 is 4.79 Å². The third-order valence-corrected chi connectivity index (χ3v) is 5.11. The van der Waals surface area contributed by atoms with E-state index in [0.29, 0.717) is 30.2 Å². The van der Waals surface area contributed by atoms with Gasteiger partial charge in [0.1, 0.15) is 11.5 Å². The van der Waals surface area contributed by atoms with E-state index in [0.717, 1.165) is 16.3 Å². The van der Waals surface area contributed by atoms with Gasteiger partial charge in [0.2, 0.25) is 0 Å². The monoisotopic (exact) mass is 367 g/mol. The minimum Gasteiger partial charge on any atom is -0.301 e. The molecule has 0 unspecified atom stereocenters. The predicted molar refractivity (Wildman–Crippen MR) is 102 cm³/mol. The Kier molecular flexibility index (Phi) is 5.78. The first-order valence-corrected chi connectivity index (χ1v) is 9.47. The number of hydrogen-bond acceptors (Lipinski definition) is 6. The summed E-state index contributed by atoms with van der Waals surface area (Å²) in [5.41, 5.74) is 4.09. The first-order chi connectivity index (χ1) is 12.6. The second-order valence-corrected chi connectivity index (χ2v) is 7.02. The maximum absolute atomic E-state index is 12.4. The van der Waals surface area contributed by atoms with Crippen LogP contribution >= 0.6 is 11.8 Å². The van der Waals surface area contributed by atoms with Crippen LogP contribution in [-0.2, 0) is 17.8 Å². The highest BCUT2D eigenvalue weighted by Crippen LogP contribution is 2.23. The standard InChI is InChI=1S/C19H21N5OS/c1-4-24-18(17-11-20-7-8-21-17)22-23-19(24)26-12-16(25)10-15-9-13(2)5-6-14(15)3/h5-9,11H,4,10,12H2,1-3H3. The number of Topliss-reactive ketones (excluding diaryl/α,β-unsaturated/α-hetero) is 1. The molecule has 2 aromatic heterocycles. The summed E-state index contributed by atoms with van der Waals surface area (Å²) in [7, 11) is 0. The fraction of sp³-hybridized carbons (Fsp3) is 0.316. The van der Waals surface area contributed by atoms with Crippen LogP contribution in [0.25, 0.3) is 11.5 Å². The highest BCUT2D eigenvalue weighted by molar-refractivity contribution is 7.99. The molecule has 7 heteroatoms. The molecular formula is C19H21N5OS. The molecule has 0 amide bonds. The van der Waals surface area contributed by atoms with Crippen LogP contribution in [0, 0.1) is 13.8 Å². The van der Waals surface area contributed by atoms with Gasteiger partial charge in [-0.1, -0.05) is 35.5 Å². The third kappa shape index (κ3) is 4.16. The van der Waals surface area contributed by atoms with Gasteiger partial charge in [-0.15, -0.1) is 10.2 Å². The molecular weight excluding hydrogens is 346 g/mol. The minimum absolute atomic E-state index is 0.176. The van der Waals surface area contributed by atoms with Gasteiger partial charge in [0.05, 0.1) is 11.9 Å². The number of hydrogen-bond donors (Lipinski definition) is 0. The van der Waals surface area contributed by atoms with Crippen molar-refractivity contribution in [3.8, 4) is 11.5 Å². The van der Waals surface area contributed by atoms with Crippen LogP contribution in [0.5, 0.6) is 0 Å². The van der Waals surface area contributed by atoms with Gasteiger partial charge in [-0.25, -0.2) is 4.98 Å². The summed E-state index contributed by atoms with van der Waals surface area (Å²) in [6.45, 7) is 6.80. The molecule has 0 fully saturated rings. The lowest BCUT2D eigenvalue weighted by Crippen LogP contribution is -2.08. The Labute approximate surface area is 157 Å². The molecule has 0 N–H and O–H groups in total. The Morgan fingerprint density at radius 1 is 1.19 bits per heavy atom. The quantitative estimate of drug-likeness (QED) is 0.597. The predicted octanol–water partition coefficient (Wildman–Crippen LogP) is 3.28. The smallest absolute Gasteiger partial charge is 0.191 e. The first-order valence-electron chi connectivity index (χ1n) is 8.48. The van der Waals surface area contributed by atoms with Crippen molar-refractivity contribution in [2.75, 3.05) is 5.75 Å². The number of aromatic nitrogens is 5. The van der Waals surface area contributed by atoms with E-state index in [-0.39, 0.29) is 5.78 Å². The number of carbonyl (C=O) groups is 1. The van der Waals surface area contributed by atoms with Crippen molar-refractivity contribution in [2.45, 2.75) is 38.9 Å². The molecule has 0 aliphatic rings. The van der Waals surface area contributed by atoms with Crippen molar-refractivity contribution in [2.24, 2.45) is 0 Å². The topological polar surface area (TPSA) is 73.6 Å². The minimum atomic E-state index is 0.176. The summed E-state index contributed by atoms with van der Waals surface area (Å²) in [6.07, 6.45) is 5.36. The maximum Gasteiger partial charge on any atom is 0.191 e. The summed E-state index contributed by atoms with van der Waals surface area (Å²) >= 11 is 1.42. The molecule has 134 valence electrons. The average Bonchev–Trinajstić information content (AvgIpc) is 3.06. The van der Waals surface area contributed by atoms with E-state index in [2.05, 4.69) is 38.4 Å². The molecule has 0 bridgehead atoms. The van der Waals surface area contributed by atoms with Crippen LogP contribution in [0.4, 0.5) is 0 Å². The number of ketones is 1. The van der Waals surface area contributed by atoms with Gasteiger partial charge in [0.15, 0.2) is 11.0 Å². The highest BCUT2D eigenvalue weighted by atomic mass is 32.2. The zero-order valence-corrected chi connectivity index (χ0v) is 16.0. The normalized spacial score (nSPS) is 10.9. The van der Waals surface area contributed by atoms with E-state index in [9.17, 15) is 4.79 Å². The van der Waals surface area contributed by atoms with Gasteiger partial charge in [-0.3, -0.25) is 9.78 Å². The molecule has 0 aliphatic heterocycles. The van der Waals surface area contributed by atoms with Gasteiger partial charge in [0, 0.05) is 25.4 Å². The van der Waals surface area contributed by atoms with Crippen molar-refractivity contribution in [3.05, 3.63) is 53.5 Å². The Morgan fingerprint density at radius 3 is 2.77 bits per heavy atom. The number of aryl methyl sites for hydroxylation is 2. The third-order valence-electron chi connectivity index (χ3n) is 4.08. The highest BCUT2D eigenvalue weighted by Gasteiger charge is 2.16. The van der Waals surface area contributed by atoms with Crippen LogP contribution in [0.15, 0.2) is 41.9 Å². The summed E-state index contributed by atoms with van der Waals surface area (Å²) in [5.74, 6) is 1.21. The molecule has 6 nitrogen and oxygen atoms in total.